The Morgan fingerprint density at radius 3 is 1.35 bits per heavy atom. The normalized spacial score (nSPS) is 57.9. The zero-order valence-electron chi connectivity index (χ0n) is 17.1. The monoisotopic (exact) mass is 358 g/mol. The standard InChI is InChI=1S/C20H32B2O4/c1-17(2)11-7-13(17)19(5)15(9-11)23-21(25-19)22-24-16-10-12-8-14(18(12,3)4)20(16,6)26-22/h11-16H,7-10H2,1-6H3/t11-,12+,13+,14-,15-,16-,19+,20+/m0/s1. The third-order valence-electron chi connectivity index (χ3n) is 10.2. The van der Waals surface area contributed by atoms with Gasteiger partial charge in [-0.1, -0.05) is 27.7 Å². The molecule has 0 aromatic carbocycles. The van der Waals surface area contributed by atoms with E-state index in [1.807, 2.05) is 0 Å². The summed E-state index contributed by atoms with van der Waals surface area (Å²) in [4.78, 5) is 0. The topological polar surface area (TPSA) is 36.9 Å². The summed E-state index contributed by atoms with van der Waals surface area (Å²) in [5, 5.41) is 0. The Morgan fingerprint density at radius 1 is 0.615 bits per heavy atom. The lowest BCUT2D eigenvalue weighted by atomic mass is 9.43. The number of hydrogen-bond acceptors (Lipinski definition) is 4. The van der Waals surface area contributed by atoms with Crippen molar-refractivity contribution in [2.24, 2.45) is 34.5 Å². The van der Waals surface area contributed by atoms with Crippen LogP contribution in [0.5, 0.6) is 0 Å². The van der Waals surface area contributed by atoms with Crippen LogP contribution in [0.3, 0.4) is 0 Å². The molecule has 0 unspecified atom stereocenters. The lowest BCUT2D eigenvalue weighted by Gasteiger charge is -2.64. The molecule has 0 amide bonds. The van der Waals surface area contributed by atoms with E-state index in [0.717, 1.165) is 24.7 Å². The quantitative estimate of drug-likeness (QED) is 0.673. The van der Waals surface area contributed by atoms with Crippen LogP contribution < -0.4 is 0 Å². The fourth-order valence-corrected chi connectivity index (χ4v) is 8.03. The van der Waals surface area contributed by atoms with Crippen molar-refractivity contribution in [3.05, 3.63) is 0 Å². The van der Waals surface area contributed by atoms with Gasteiger partial charge in [0.25, 0.3) is 0 Å². The second-order valence-corrected chi connectivity index (χ2v) is 11.7. The molecule has 2 saturated heterocycles. The van der Waals surface area contributed by atoms with Crippen LogP contribution in [0.15, 0.2) is 0 Å². The van der Waals surface area contributed by atoms with Crippen molar-refractivity contribution in [2.45, 2.75) is 90.6 Å². The first-order valence-corrected chi connectivity index (χ1v) is 10.7. The van der Waals surface area contributed by atoms with Crippen LogP contribution >= 0.6 is 0 Å². The molecule has 0 N–H and O–H groups in total. The molecular formula is C20H32B2O4. The maximum Gasteiger partial charge on any atom is 0.488 e. The van der Waals surface area contributed by atoms with E-state index >= 15 is 0 Å². The fourth-order valence-electron chi connectivity index (χ4n) is 8.03. The molecule has 2 aliphatic heterocycles. The Hall–Kier alpha value is -0.0301. The van der Waals surface area contributed by atoms with Crippen molar-refractivity contribution in [2.75, 3.05) is 0 Å². The first-order chi connectivity index (χ1) is 12.1. The molecule has 6 saturated carbocycles. The van der Waals surface area contributed by atoms with Gasteiger partial charge in [-0.2, -0.15) is 0 Å². The van der Waals surface area contributed by atoms with Gasteiger partial charge in [0.1, 0.15) is 0 Å². The van der Waals surface area contributed by atoms with Gasteiger partial charge in [0.05, 0.1) is 23.4 Å². The molecule has 26 heavy (non-hydrogen) atoms. The number of rotatable bonds is 1. The summed E-state index contributed by atoms with van der Waals surface area (Å²) in [6, 6.07) is 0. The van der Waals surface area contributed by atoms with Gasteiger partial charge in [-0.05, 0) is 74.0 Å². The van der Waals surface area contributed by atoms with Crippen molar-refractivity contribution in [1.29, 1.82) is 0 Å². The minimum atomic E-state index is -0.372. The third kappa shape index (κ3) is 1.71. The predicted octanol–water partition coefficient (Wildman–Crippen LogP) is 3.52. The summed E-state index contributed by atoms with van der Waals surface area (Å²) in [5.41, 5.74) is 0.357. The summed E-state index contributed by atoms with van der Waals surface area (Å²) in [6.45, 7) is 14.1. The highest BCUT2D eigenvalue weighted by molar-refractivity contribution is 7.11. The van der Waals surface area contributed by atoms with E-state index in [1.54, 1.807) is 0 Å². The van der Waals surface area contributed by atoms with E-state index < -0.39 is 0 Å². The SMILES string of the molecule is CC1(C)[C@@H]2C[C@@H]3OB(B4O[C@H]5C[C@H]6C[C@@H](C6(C)C)[C@@]5(C)O4)O[C@]3(C)[C@@H]1C2. The number of hydrogen-bond donors (Lipinski definition) is 0. The van der Waals surface area contributed by atoms with Crippen molar-refractivity contribution in [3.8, 4) is 0 Å². The molecule has 0 radical (unpaired) electrons. The molecule has 8 fully saturated rings. The molecule has 8 atom stereocenters. The Bertz CT molecular complexity index is 612. The van der Waals surface area contributed by atoms with Gasteiger partial charge in [0.2, 0.25) is 0 Å². The predicted molar refractivity (Wildman–Crippen MR) is 100 cm³/mol. The fraction of sp³-hybridized carbons (Fsp3) is 1.00. The molecule has 4 nitrogen and oxygen atoms in total. The van der Waals surface area contributed by atoms with Gasteiger partial charge in [0.15, 0.2) is 0 Å². The minimum Gasteiger partial charge on any atom is -0.407 e. The highest BCUT2D eigenvalue weighted by Crippen LogP contribution is 2.67. The minimum absolute atomic E-state index is 0.189. The summed E-state index contributed by atoms with van der Waals surface area (Å²) in [5.74, 6) is 2.70. The molecule has 0 aromatic heterocycles. The Balaban J connectivity index is 1.24. The highest BCUT2D eigenvalue weighted by Gasteiger charge is 2.73. The van der Waals surface area contributed by atoms with Crippen LogP contribution in [0, 0.1) is 34.5 Å². The maximum absolute atomic E-state index is 6.60. The van der Waals surface area contributed by atoms with E-state index in [0.29, 0.717) is 22.7 Å². The lowest BCUT2D eigenvalue weighted by molar-refractivity contribution is -0.200. The molecule has 6 heteroatoms. The lowest BCUT2D eigenvalue weighted by Crippen LogP contribution is -2.65. The average Bonchev–Trinajstić information content (AvgIpc) is 3.09. The summed E-state index contributed by atoms with van der Waals surface area (Å²) < 4.78 is 26.1. The van der Waals surface area contributed by atoms with E-state index in [1.165, 1.54) is 12.8 Å². The van der Waals surface area contributed by atoms with Crippen molar-refractivity contribution < 1.29 is 18.6 Å². The van der Waals surface area contributed by atoms with Gasteiger partial charge >= 0.3 is 14.0 Å². The molecular weight excluding hydrogens is 326 g/mol. The molecule has 8 aliphatic rings. The first kappa shape index (κ1) is 16.9. The Morgan fingerprint density at radius 2 is 1.00 bits per heavy atom. The van der Waals surface area contributed by atoms with Gasteiger partial charge in [0, 0.05) is 0 Å². The molecule has 142 valence electrons. The van der Waals surface area contributed by atoms with E-state index in [-0.39, 0.29) is 37.4 Å². The summed E-state index contributed by atoms with van der Waals surface area (Å²) >= 11 is 0. The van der Waals surface area contributed by atoms with E-state index in [2.05, 4.69) is 41.5 Å². The Kier molecular flexibility index (Phi) is 2.97. The van der Waals surface area contributed by atoms with Gasteiger partial charge < -0.3 is 18.6 Å². The molecule has 6 aliphatic carbocycles. The van der Waals surface area contributed by atoms with Crippen molar-refractivity contribution >= 4 is 14.0 Å². The highest BCUT2D eigenvalue weighted by atomic mass is 16.7. The molecule has 2 heterocycles. The zero-order valence-corrected chi connectivity index (χ0v) is 17.1. The van der Waals surface area contributed by atoms with Gasteiger partial charge in [-0.25, -0.2) is 0 Å². The van der Waals surface area contributed by atoms with Crippen LogP contribution in [0.2, 0.25) is 0 Å². The average molecular weight is 358 g/mol. The van der Waals surface area contributed by atoms with Crippen LogP contribution in [0.1, 0.15) is 67.2 Å². The van der Waals surface area contributed by atoms with Gasteiger partial charge in [-0.15, -0.1) is 0 Å². The van der Waals surface area contributed by atoms with E-state index in [4.69, 9.17) is 18.6 Å². The van der Waals surface area contributed by atoms with E-state index in [9.17, 15) is 0 Å². The second kappa shape index (κ2) is 4.58. The van der Waals surface area contributed by atoms with Crippen LogP contribution in [0.4, 0.5) is 0 Å². The Labute approximate surface area is 158 Å². The maximum atomic E-state index is 6.60. The summed E-state index contributed by atoms with van der Waals surface area (Å²) in [7, 11) is -0.745. The third-order valence-corrected chi connectivity index (χ3v) is 10.2. The van der Waals surface area contributed by atoms with Crippen molar-refractivity contribution in [1.82, 2.24) is 0 Å². The van der Waals surface area contributed by atoms with Crippen LogP contribution in [-0.2, 0) is 18.6 Å². The zero-order chi connectivity index (χ0) is 18.3. The molecule has 0 spiro atoms. The smallest absolute Gasteiger partial charge is 0.407 e. The van der Waals surface area contributed by atoms with Crippen LogP contribution in [-0.4, -0.2) is 37.4 Å². The van der Waals surface area contributed by atoms with Crippen LogP contribution in [0.25, 0.3) is 0 Å². The summed E-state index contributed by atoms with van der Waals surface area (Å²) in [6.07, 6.45) is 5.17. The second-order valence-electron chi connectivity index (χ2n) is 11.7. The first-order valence-electron chi connectivity index (χ1n) is 10.7. The van der Waals surface area contributed by atoms with Crippen molar-refractivity contribution in [3.63, 3.8) is 0 Å². The largest absolute Gasteiger partial charge is 0.488 e. The molecule has 8 rings (SSSR count). The molecule has 0 aromatic rings. The molecule has 4 bridgehead atoms. The van der Waals surface area contributed by atoms with Gasteiger partial charge in [-0.3, -0.25) is 0 Å².